The summed E-state index contributed by atoms with van der Waals surface area (Å²) in [5.41, 5.74) is -0.487. The first-order chi connectivity index (χ1) is 8.52. The predicted octanol–water partition coefficient (Wildman–Crippen LogP) is 3.20. The van der Waals surface area contributed by atoms with Crippen LogP contribution in [0.25, 0.3) is 11.3 Å². The van der Waals surface area contributed by atoms with E-state index in [1.54, 1.807) is 13.1 Å². The van der Waals surface area contributed by atoms with Crippen molar-refractivity contribution in [3.05, 3.63) is 42.0 Å². The van der Waals surface area contributed by atoms with Crippen LogP contribution in [-0.2, 0) is 6.18 Å². The van der Waals surface area contributed by atoms with Crippen molar-refractivity contribution < 1.29 is 13.2 Å². The summed E-state index contributed by atoms with van der Waals surface area (Å²) in [7, 11) is 1.66. The van der Waals surface area contributed by atoms with E-state index in [4.69, 9.17) is 0 Å². The largest absolute Gasteiger partial charge is 0.417 e. The van der Waals surface area contributed by atoms with Gasteiger partial charge < -0.3 is 5.32 Å². The molecule has 1 heterocycles. The number of nitrogens with one attached hydrogen (secondary N) is 1. The van der Waals surface area contributed by atoms with Crippen molar-refractivity contribution in [3.8, 4) is 11.3 Å². The van der Waals surface area contributed by atoms with E-state index in [1.807, 2.05) is 0 Å². The molecule has 0 saturated heterocycles. The summed E-state index contributed by atoms with van der Waals surface area (Å²) in [6, 6.07) is 8.38. The van der Waals surface area contributed by atoms with Crippen LogP contribution in [0.1, 0.15) is 5.56 Å². The summed E-state index contributed by atoms with van der Waals surface area (Å²) in [5.74, 6) is 0.503. The van der Waals surface area contributed by atoms with Crippen molar-refractivity contribution in [2.75, 3.05) is 12.4 Å². The SMILES string of the molecule is CNc1ccc(-c2ccccc2C(F)(F)F)nn1. The van der Waals surface area contributed by atoms with Crippen LogP contribution in [0.5, 0.6) is 0 Å². The van der Waals surface area contributed by atoms with Gasteiger partial charge in [-0.25, -0.2) is 0 Å². The number of rotatable bonds is 2. The summed E-state index contributed by atoms with van der Waals surface area (Å²) in [6.07, 6.45) is -4.40. The van der Waals surface area contributed by atoms with E-state index in [9.17, 15) is 13.2 Å². The minimum Gasteiger partial charge on any atom is -0.372 e. The van der Waals surface area contributed by atoms with Gasteiger partial charge in [0.25, 0.3) is 0 Å². The van der Waals surface area contributed by atoms with Crippen LogP contribution in [0.4, 0.5) is 19.0 Å². The lowest BCUT2D eigenvalue weighted by atomic mass is 10.0. The van der Waals surface area contributed by atoms with Gasteiger partial charge in [-0.1, -0.05) is 18.2 Å². The molecular formula is C12H10F3N3. The van der Waals surface area contributed by atoms with Gasteiger partial charge >= 0.3 is 6.18 Å². The molecule has 0 bridgehead atoms. The molecule has 0 spiro atoms. The number of nitrogens with zero attached hydrogens (tertiary/aromatic N) is 2. The highest BCUT2D eigenvalue weighted by Crippen LogP contribution is 2.36. The molecule has 94 valence electrons. The fraction of sp³-hybridized carbons (Fsp3) is 0.167. The summed E-state index contributed by atoms with van der Waals surface area (Å²) < 4.78 is 38.5. The number of hydrogen-bond donors (Lipinski definition) is 1. The number of aromatic nitrogens is 2. The van der Waals surface area contributed by atoms with Crippen LogP contribution >= 0.6 is 0 Å². The van der Waals surface area contributed by atoms with Crippen LogP contribution in [0.3, 0.4) is 0 Å². The highest BCUT2D eigenvalue weighted by molar-refractivity contribution is 5.64. The van der Waals surface area contributed by atoms with Crippen molar-refractivity contribution in [1.82, 2.24) is 10.2 Å². The second-order valence-corrected chi connectivity index (χ2v) is 3.60. The summed E-state index contributed by atoms with van der Waals surface area (Å²) >= 11 is 0. The van der Waals surface area contributed by atoms with Crippen LogP contribution in [0.2, 0.25) is 0 Å². The highest BCUT2D eigenvalue weighted by atomic mass is 19.4. The van der Waals surface area contributed by atoms with Gasteiger partial charge in [0.1, 0.15) is 5.82 Å². The van der Waals surface area contributed by atoms with Crippen molar-refractivity contribution in [3.63, 3.8) is 0 Å². The van der Waals surface area contributed by atoms with Gasteiger partial charge in [-0.2, -0.15) is 13.2 Å². The molecule has 0 aliphatic carbocycles. The van der Waals surface area contributed by atoms with Crippen LogP contribution < -0.4 is 5.32 Å². The molecule has 1 N–H and O–H groups in total. The van der Waals surface area contributed by atoms with E-state index in [-0.39, 0.29) is 11.3 Å². The zero-order chi connectivity index (χ0) is 13.2. The Kier molecular flexibility index (Phi) is 3.18. The van der Waals surface area contributed by atoms with E-state index in [2.05, 4.69) is 15.5 Å². The molecule has 0 fully saturated rings. The maximum Gasteiger partial charge on any atom is 0.417 e. The van der Waals surface area contributed by atoms with E-state index in [0.29, 0.717) is 5.82 Å². The van der Waals surface area contributed by atoms with E-state index in [1.165, 1.54) is 24.3 Å². The zero-order valence-corrected chi connectivity index (χ0v) is 9.49. The summed E-state index contributed by atoms with van der Waals surface area (Å²) in [6.45, 7) is 0. The topological polar surface area (TPSA) is 37.8 Å². The fourth-order valence-electron chi connectivity index (χ4n) is 1.56. The van der Waals surface area contributed by atoms with E-state index in [0.717, 1.165) is 6.07 Å². The lowest BCUT2D eigenvalue weighted by molar-refractivity contribution is -0.137. The van der Waals surface area contributed by atoms with Crippen LogP contribution in [0, 0.1) is 0 Å². The van der Waals surface area contributed by atoms with Gasteiger partial charge in [-0.3, -0.25) is 0 Å². The van der Waals surface area contributed by atoms with Gasteiger partial charge in [-0.05, 0) is 18.2 Å². The van der Waals surface area contributed by atoms with Crippen molar-refractivity contribution in [1.29, 1.82) is 0 Å². The molecule has 1 aromatic heterocycles. The Hall–Kier alpha value is -2.11. The van der Waals surface area contributed by atoms with E-state index < -0.39 is 11.7 Å². The third-order valence-electron chi connectivity index (χ3n) is 2.43. The molecule has 0 saturated carbocycles. The van der Waals surface area contributed by atoms with Crippen molar-refractivity contribution in [2.45, 2.75) is 6.18 Å². The predicted molar refractivity (Wildman–Crippen MR) is 62.0 cm³/mol. The van der Waals surface area contributed by atoms with Crippen molar-refractivity contribution >= 4 is 5.82 Å². The average Bonchev–Trinajstić information content (AvgIpc) is 2.38. The summed E-state index contributed by atoms with van der Waals surface area (Å²) in [5, 5.41) is 10.3. The minimum atomic E-state index is -4.40. The number of benzene rings is 1. The molecule has 2 rings (SSSR count). The number of alkyl halides is 3. The van der Waals surface area contributed by atoms with Crippen LogP contribution in [-0.4, -0.2) is 17.2 Å². The molecule has 1 aromatic carbocycles. The first-order valence-electron chi connectivity index (χ1n) is 5.20. The van der Waals surface area contributed by atoms with Gasteiger partial charge in [0.15, 0.2) is 0 Å². The van der Waals surface area contributed by atoms with E-state index >= 15 is 0 Å². The number of hydrogen-bond acceptors (Lipinski definition) is 3. The highest BCUT2D eigenvalue weighted by Gasteiger charge is 2.33. The molecule has 6 heteroatoms. The smallest absolute Gasteiger partial charge is 0.372 e. The van der Waals surface area contributed by atoms with Gasteiger partial charge in [0.2, 0.25) is 0 Å². The maximum atomic E-state index is 12.8. The third kappa shape index (κ3) is 2.42. The molecule has 0 radical (unpaired) electrons. The average molecular weight is 253 g/mol. The molecular weight excluding hydrogens is 243 g/mol. The van der Waals surface area contributed by atoms with Gasteiger partial charge in [0.05, 0.1) is 11.3 Å². The summed E-state index contributed by atoms with van der Waals surface area (Å²) in [4.78, 5) is 0. The Balaban J connectivity index is 2.50. The molecule has 0 unspecified atom stereocenters. The lowest BCUT2D eigenvalue weighted by Gasteiger charge is -2.11. The molecule has 0 aliphatic rings. The Morgan fingerprint density at radius 3 is 2.28 bits per heavy atom. The molecule has 0 atom stereocenters. The molecule has 2 aromatic rings. The standard InChI is InChI=1S/C12H10F3N3/c1-16-11-7-6-10(17-18-11)8-4-2-3-5-9(8)12(13,14)15/h2-7H,1H3,(H,16,18). The second-order valence-electron chi connectivity index (χ2n) is 3.60. The first-order valence-corrected chi connectivity index (χ1v) is 5.20. The second kappa shape index (κ2) is 4.64. The molecule has 0 aliphatic heterocycles. The molecule has 18 heavy (non-hydrogen) atoms. The Morgan fingerprint density at radius 1 is 1.00 bits per heavy atom. The Morgan fingerprint density at radius 2 is 1.72 bits per heavy atom. The Labute approximate surface area is 102 Å². The third-order valence-corrected chi connectivity index (χ3v) is 2.43. The zero-order valence-electron chi connectivity index (χ0n) is 9.49. The normalized spacial score (nSPS) is 11.3. The number of anilines is 1. The molecule has 3 nitrogen and oxygen atoms in total. The maximum absolute atomic E-state index is 12.8. The van der Waals surface area contributed by atoms with Gasteiger partial charge in [-0.15, -0.1) is 10.2 Å². The lowest BCUT2D eigenvalue weighted by Crippen LogP contribution is -2.07. The Bertz CT molecular complexity index is 535. The molecule has 0 amide bonds. The fourth-order valence-corrected chi connectivity index (χ4v) is 1.56. The monoisotopic (exact) mass is 253 g/mol. The minimum absolute atomic E-state index is 0.0279. The number of halogens is 3. The van der Waals surface area contributed by atoms with Crippen molar-refractivity contribution in [2.24, 2.45) is 0 Å². The van der Waals surface area contributed by atoms with Crippen LogP contribution in [0.15, 0.2) is 36.4 Å². The first kappa shape index (κ1) is 12.3. The van der Waals surface area contributed by atoms with Gasteiger partial charge in [0, 0.05) is 12.6 Å². The quantitative estimate of drug-likeness (QED) is 0.893.